The number of rotatable bonds is 2. The van der Waals surface area contributed by atoms with Crippen molar-refractivity contribution < 1.29 is 28.6 Å². The number of hydrogen-bond acceptors (Lipinski definition) is 4. The Labute approximate surface area is 167 Å². The molecule has 1 N–H and O–H groups in total. The van der Waals surface area contributed by atoms with E-state index < -0.39 is 65.4 Å². The molecule has 0 aliphatic carbocycles. The normalized spacial score (nSPS) is 29.4. The van der Waals surface area contributed by atoms with E-state index in [1.165, 1.54) is 0 Å². The molecule has 3 amide bonds. The predicted octanol–water partition coefficient (Wildman–Crippen LogP) is 1.92. The number of carbonyl (C=O) groups is 3. The van der Waals surface area contributed by atoms with Gasteiger partial charge in [-0.2, -0.15) is 0 Å². The number of nitrogens with zero attached hydrogens (tertiary/aromatic N) is 2. The van der Waals surface area contributed by atoms with Gasteiger partial charge in [0.25, 0.3) is 5.91 Å². The van der Waals surface area contributed by atoms with Gasteiger partial charge >= 0.3 is 0 Å². The van der Waals surface area contributed by atoms with Crippen molar-refractivity contribution in [3.8, 4) is 0 Å². The zero-order valence-corrected chi connectivity index (χ0v) is 15.7. The highest BCUT2D eigenvalue weighted by atomic mass is 19.1. The van der Waals surface area contributed by atoms with Gasteiger partial charge in [-0.25, -0.2) is 8.78 Å². The molecule has 4 rings (SSSR count). The summed E-state index contributed by atoms with van der Waals surface area (Å²) in [5, 5.41) is 2.12. The standard InChI is InChI=1S/C20H23F2N3O3/c1-20(2,3)24-7-10(8-24)16-13(21)6-11-12(17(16)22)9-25(19(11)28)14-4-5-15(26)23-18(14)27/h6,10,14H,4-5,7-9H2,1-3H3,(H,23,26,27)/t14-/m0/s1/i7D2,8D2. The first-order chi connectivity index (χ1) is 14.6. The number of likely N-dealkylation sites (tertiary alicyclic amines) is 1. The highest BCUT2D eigenvalue weighted by Crippen LogP contribution is 2.39. The van der Waals surface area contributed by atoms with E-state index in [1.54, 1.807) is 20.8 Å². The van der Waals surface area contributed by atoms with Gasteiger partial charge in [0, 0.05) is 47.5 Å². The molecular formula is C20H23F2N3O3. The molecule has 3 aliphatic rings. The van der Waals surface area contributed by atoms with Crippen molar-refractivity contribution in [3.63, 3.8) is 0 Å². The Hall–Kier alpha value is -2.35. The largest absolute Gasteiger partial charge is 0.322 e. The summed E-state index contributed by atoms with van der Waals surface area (Å²) in [6.45, 7) is -0.325. The lowest BCUT2D eigenvalue weighted by Crippen LogP contribution is -2.55. The molecular weight excluding hydrogens is 368 g/mol. The minimum absolute atomic E-state index is 0.00372. The molecule has 0 spiro atoms. The van der Waals surface area contributed by atoms with E-state index in [1.807, 2.05) is 0 Å². The van der Waals surface area contributed by atoms with Gasteiger partial charge in [0.05, 0.1) is 12.1 Å². The summed E-state index contributed by atoms with van der Waals surface area (Å²) in [6, 6.07) is -0.232. The first-order valence-electron chi connectivity index (χ1n) is 11.1. The molecule has 1 atom stereocenters. The Bertz CT molecular complexity index is 1040. The SMILES string of the molecule is [2H]C1([2H])C(c2c(F)cc3c(c2F)CN([C@H]2CCC(=O)NC2=O)C3=O)C([2H])([2H])N1C(C)(C)C. The number of halogens is 2. The summed E-state index contributed by atoms with van der Waals surface area (Å²) < 4.78 is 64.1. The molecule has 3 heterocycles. The number of nitrogens with one attached hydrogen (secondary N) is 1. The van der Waals surface area contributed by atoms with Crippen LogP contribution >= 0.6 is 0 Å². The monoisotopic (exact) mass is 395 g/mol. The van der Waals surface area contributed by atoms with E-state index >= 15 is 8.78 Å². The van der Waals surface area contributed by atoms with Gasteiger partial charge in [0.1, 0.15) is 17.7 Å². The van der Waals surface area contributed by atoms with Crippen molar-refractivity contribution in [1.82, 2.24) is 15.1 Å². The summed E-state index contributed by atoms with van der Waals surface area (Å²) in [4.78, 5) is 38.4. The molecule has 3 aliphatic heterocycles. The van der Waals surface area contributed by atoms with Crippen molar-refractivity contribution in [3.05, 3.63) is 34.4 Å². The first kappa shape index (κ1) is 14.6. The zero-order chi connectivity index (χ0) is 24.0. The average molecular weight is 395 g/mol. The van der Waals surface area contributed by atoms with E-state index in [9.17, 15) is 14.4 Å². The molecule has 28 heavy (non-hydrogen) atoms. The highest BCUT2D eigenvalue weighted by molar-refractivity contribution is 6.05. The molecule has 0 saturated carbocycles. The van der Waals surface area contributed by atoms with Gasteiger partial charge in [-0.1, -0.05) is 0 Å². The van der Waals surface area contributed by atoms with Gasteiger partial charge < -0.3 is 4.90 Å². The van der Waals surface area contributed by atoms with Crippen LogP contribution in [-0.2, 0) is 16.1 Å². The van der Waals surface area contributed by atoms with E-state index in [0.717, 1.165) is 15.9 Å². The van der Waals surface area contributed by atoms with E-state index in [-0.39, 0.29) is 30.5 Å². The van der Waals surface area contributed by atoms with Gasteiger partial charge in [-0.15, -0.1) is 0 Å². The lowest BCUT2D eigenvalue weighted by molar-refractivity contribution is -0.136. The maximum Gasteiger partial charge on any atom is 0.255 e. The lowest BCUT2D eigenvalue weighted by Gasteiger charge is -2.48. The fraction of sp³-hybridized carbons (Fsp3) is 0.550. The zero-order valence-electron chi connectivity index (χ0n) is 19.7. The summed E-state index contributed by atoms with van der Waals surface area (Å²) in [7, 11) is 0. The Kier molecular flexibility index (Phi) is 3.31. The highest BCUT2D eigenvalue weighted by Gasteiger charge is 2.43. The second-order valence-corrected chi connectivity index (χ2v) is 8.21. The second-order valence-electron chi connectivity index (χ2n) is 8.21. The smallest absolute Gasteiger partial charge is 0.255 e. The molecule has 0 aromatic heterocycles. The average Bonchev–Trinajstić information content (AvgIpc) is 2.93. The van der Waals surface area contributed by atoms with Crippen LogP contribution < -0.4 is 5.32 Å². The molecule has 8 heteroatoms. The van der Waals surface area contributed by atoms with Crippen LogP contribution in [0.5, 0.6) is 0 Å². The maximum atomic E-state index is 15.6. The molecule has 2 saturated heterocycles. The summed E-state index contributed by atoms with van der Waals surface area (Å²) in [5.74, 6) is -6.11. The molecule has 2 fully saturated rings. The first-order valence-corrected chi connectivity index (χ1v) is 9.06. The predicted molar refractivity (Wildman–Crippen MR) is 96.5 cm³/mol. The minimum Gasteiger partial charge on any atom is -0.322 e. The van der Waals surface area contributed by atoms with Crippen LogP contribution in [0.25, 0.3) is 0 Å². The molecule has 6 nitrogen and oxygen atoms in total. The number of piperidine rings is 1. The van der Waals surface area contributed by atoms with Gasteiger partial charge in [-0.05, 0) is 33.3 Å². The van der Waals surface area contributed by atoms with Crippen molar-refractivity contribution in [2.75, 3.05) is 13.0 Å². The van der Waals surface area contributed by atoms with Crippen molar-refractivity contribution in [2.24, 2.45) is 0 Å². The van der Waals surface area contributed by atoms with Crippen LogP contribution in [0, 0.1) is 11.6 Å². The van der Waals surface area contributed by atoms with Crippen molar-refractivity contribution >= 4 is 17.7 Å². The van der Waals surface area contributed by atoms with Crippen LogP contribution in [-0.4, -0.2) is 52.1 Å². The van der Waals surface area contributed by atoms with Gasteiger partial charge in [-0.3, -0.25) is 24.6 Å². The van der Waals surface area contributed by atoms with Crippen LogP contribution in [0.2, 0.25) is 0 Å². The summed E-state index contributed by atoms with van der Waals surface area (Å²) in [5.41, 5.74) is -2.21. The molecule has 0 radical (unpaired) electrons. The topological polar surface area (TPSA) is 69.7 Å². The third-order valence-electron chi connectivity index (χ3n) is 5.24. The molecule has 150 valence electrons. The quantitative estimate of drug-likeness (QED) is 0.777. The minimum atomic E-state index is -2.39. The number of hydrogen-bond donors (Lipinski definition) is 1. The fourth-order valence-electron chi connectivity index (χ4n) is 3.69. The Morgan fingerprint density at radius 2 is 1.89 bits per heavy atom. The van der Waals surface area contributed by atoms with E-state index in [4.69, 9.17) is 5.48 Å². The Morgan fingerprint density at radius 3 is 2.50 bits per heavy atom. The molecule has 1 aromatic rings. The number of carbonyl (C=O) groups excluding carboxylic acids is 3. The molecule has 1 aromatic carbocycles. The van der Waals surface area contributed by atoms with Crippen LogP contribution in [0.3, 0.4) is 0 Å². The van der Waals surface area contributed by atoms with Crippen LogP contribution in [0.1, 0.15) is 66.5 Å². The lowest BCUT2D eigenvalue weighted by atomic mass is 9.85. The third-order valence-corrected chi connectivity index (χ3v) is 5.24. The Morgan fingerprint density at radius 1 is 1.21 bits per heavy atom. The van der Waals surface area contributed by atoms with Crippen molar-refractivity contribution in [2.45, 2.75) is 57.7 Å². The van der Waals surface area contributed by atoms with Crippen LogP contribution in [0.15, 0.2) is 6.07 Å². The number of amides is 3. The van der Waals surface area contributed by atoms with E-state index in [0.29, 0.717) is 0 Å². The summed E-state index contributed by atoms with van der Waals surface area (Å²) >= 11 is 0. The van der Waals surface area contributed by atoms with E-state index in [2.05, 4.69) is 5.32 Å². The summed E-state index contributed by atoms with van der Waals surface area (Å²) in [6.07, 6.45) is 0.0549. The van der Waals surface area contributed by atoms with Crippen molar-refractivity contribution in [1.29, 1.82) is 0 Å². The van der Waals surface area contributed by atoms with Gasteiger partial charge in [0.2, 0.25) is 11.8 Å². The second kappa shape index (κ2) is 6.34. The number of fused-ring (bicyclic) bond motifs is 1. The van der Waals surface area contributed by atoms with Gasteiger partial charge in [0.15, 0.2) is 0 Å². The number of benzene rings is 1. The fourth-order valence-corrected chi connectivity index (χ4v) is 3.69. The molecule has 0 unspecified atom stereocenters. The van der Waals surface area contributed by atoms with Crippen LogP contribution in [0.4, 0.5) is 8.78 Å². The Balaban J connectivity index is 1.74. The maximum absolute atomic E-state index is 15.6. The molecule has 0 bridgehead atoms. The number of imide groups is 1. The third kappa shape index (κ3) is 2.90.